The molecule has 0 radical (unpaired) electrons. The minimum absolute atomic E-state index is 0.170. The predicted molar refractivity (Wildman–Crippen MR) is 69.8 cm³/mol. The van der Waals surface area contributed by atoms with Gasteiger partial charge in [-0.1, -0.05) is 25.8 Å². The van der Waals surface area contributed by atoms with Crippen molar-refractivity contribution in [3.8, 4) is 5.75 Å². The Hall–Kier alpha value is -1.06. The van der Waals surface area contributed by atoms with Gasteiger partial charge >= 0.3 is 0 Å². The van der Waals surface area contributed by atoms with E-state index in [1.54, 1.807) is 18.2 Å². The standard InChI is InChI=1S/C14H23NO2/c1-4-5-6-13(17)11-9-10(16)7-8-12(11)14(2,3)15/h7-9,13,16-17H,4-6,15H2,1-3H3. The van der Waals surface area contributed by atoms with Crippen LogP contribution < -0.4 is 5.73 Å². The van der Waals surface area contributed by atoms with Crippen molar-refractivity contribution in [3.05, 3.63) is 29.3 Å². The molecule has 0 aliphatic heterocycles. The molecule has 1 unspecified atom stereocenters. The first-order valence-electron chi connectivity index (χ1n) is 6.16. The largest absolute Gasteiger partial charge is 0.508 e. The maximum absolute atomic E-state index is 10.2. The van der Waals surface area contributed by atoms with Gasteiger partial charge in [-0.15, -0.1) is 0 Å². The molecule has 3 nitrogen and oxygen atoms in total. The Morgan fingerprint density at radius 2 is 2.00 bits per heavy atom. The summed E-state index contributed by atoms with van der Waals surface area (Å²) >= 11 is 0. The molecule has 0 amide bonds. The third-order valence-electron chi connectivity index (χ3n) is 2.92. The molecule has 0 bridgehead atoms. The average molecular weight is 237 g/mol. The molecule has 17 heavy (non-hydrogen) atoms. The van der Waals surface area contributed by atoms with E-state index in [2.05, 4.69) is 6.92 Å². The summed E-state index contributed by atoms with van der Waals surface area (Å²) < 4.78 is 0. The molecule has 96 valence electrons. The Morgan fingerprint density at radius 1 is 1.35 bits per heavy atom. The highest BCUT2D eigenvalue weighted by atomic mass is 16.3. The first-order valence-corrected chi connectivity index (χ1v) is 6.16. The molecule has 0 aliphatic carbocycles. The molecule has 0 fully saturated rings. The number of rotatable bonds is 5. The second kappa shape index (κ2) is 5.52. The summed E-state index contributed by atoms with van der Waals surface area (Å²) in [7, 11) is 0. The lowest BCUT2D eigenvalue weighted by molar-refractivity contribution is 0.161. The fourth-order valence-corrected chi connectivity index (χ4v) is 1.97. The van der Waals surface area contributed by atoms with Gasteiger partial charge in [0.2, 0.25) is 0 Å². The molecule has 0 saturated heterocycles. The highest BCUT2D eigenvalue weighted by Gasteiger charge is 2.22. The second-order valence-electron chi connectivity index (χ2n) is 5.15. The van der Waals surface area contributed by atoms with E-state index in [0.717, 1.165) is 24.0 Å². The first kappa shape index (κ1) is 14.0. The highest BCUT2D eigenvalue weighted by molar-refractivity contribution is 5.39. The van der Waals surface area contributed by atoms with Crippen LogP contribution in [0.15, 0.2) is 18.2 Å². The Morgan fingerprint density at radius 3 is 2.53 bits per heavy atom. The van der Waals surface area contributed by atoms with Crippen LogP contribution in [-0.4, -0.2) is 10.2 Å². The average Bonchev–Trinajstić information content (AvgIpc) is 2.24. The van der Waals surface area contributed by atoms with Crippen LogP contribution in [0.3, 0.4) is 0 Å². The lowest BCUT2D eigenvalue weighted by Gasteiger charge is -2.25. The number of hydrogen-bond donors (Lipinski definition) is 3. The van der Waals surface area contributed by atoms with Gasteiger partial charge in [-0.25, -0.2) is 0 Å². The zero-order chi connectivity index (χ0) is 13.1. The van der Waals surface area contributed by atoms with Crippen molar-refractivity contribution in [2.75, 3.05) is 0 Å². The number of aliphatic hydroxyl groups excluding tert-OH is 1. The van der Waals surface area contributed by atoms with E-state index in [-0.39, 0.29) is 5.75 Å². The van der Waals surface area contributed by atoms with Crippen molar-refractivity contribution in [3.63, 3.8) is 0 Å². The molecule has 0 spiro atoms. The van der Waals surface area contributed by atoms with E-state index in [1.165, 1.54) is 0 Å². The summed E-state index contributed by atoms with van der Waals surface area (Å²) in [5, 5.41) is 19.7. The Labute approximate surface area is 103 Å². The summed E-state index contributed by atoms with van der Waals surface area (Å²) in [6.45, 7) is 5.88. The predicted octanol–water partition coefficient (Wildman–Crippen LogP) is 2.81. The number of unbranched alkanes of at least 4 members (excludes halogenated alkanes) is 1. The quantitative estimate of drug-likeness (QED) is 0.737. The van der Waals surface area contributed by atoms with Gasteiger partial charge in [-0.3, -0.25) is 0 Å². The monoisotopic (exact) mass is 237 g/mol. The van der Waals surface area contributed by atoms with Crippen LogP contribution in [0, 0.1) is 0 Å². The van der Waals surface area contributed by atoms with Gasteiger partial charge < -0.3 is 15.9 Å². The van der Waals surface area contributed by atoms with E-state index in [0.29, 0.717) is 6.42 Å². The van der Waals surface area contributed by atoms with Crippen molar-refractivity contribution >= 4 is 0 Å². The van der Waals surface area contributed by atoms with E-state index >= 15 is 0 Å². The highest BCUT2D eigenvalue weighted by Crippen LogP contribution is 2.31. The van der Waals surface area contributed by atoms with E-state index < -0.39 is 11.6 Å². The van der Waals surface area contributed by atoms with Gasteiger partial charge in [-0.05, 0) is 43.5 Å². The molecule has 1 atom stereocenters. The van der Waals surface area contributed by atoms with E-state index in [9.17, 15) is 10.2 Å². The van der Waals surface area contributed by atoms with Crippen molar-refractivity contribution in [1.82, 2.24) is 0 Å². The van der Waals surface area contributed by atoms with Crippen LogP contribution >= 0.6 is 0 Å². The van der Waals surface area contributed by atoms with Crippen molar-refractivity contribution in [2.45, 2.75) is 51.7 Å². The molecular formula is C14H23NO2. The maximum Gasteiger partial charge on any atom is 0.115 e. The summed E-state index contributed by atoms with van der Waals surface area (Å²) in [6, 6.07) is 5.02. The van der Waals surface area contributed by atoms with Gasteiger partial charge in [0.05, 0.1) is 6.10 Å². The molecule has 1 aromatic rings. The van der Waals surface area contributed by atoms with Crippen LogP contribution in [0.1, 0.15) is 57.3 Å². The van der Waals surface area contributed by atoms with E-state index in [4.69, 9.17) is 5.73 Å². The fourth-order valence-electron chi connectivity index (χ4n) is 1.97. The molecule has 1 aromatic carbocycles. The lowest BCUT2D eigenvalue weighted by Crippen LogP contribution is -2.30. The molecule has 3 heteroatoms. The number of phenolic OH excluding ortho intramolecular Hbond substituents is 1. The molecule has 0 aromatic heterocycles. The smallest absolute Gasteiger partial charge is 0.115 e. The third-order valence-corrected chi connectivity index (χ3v) is 2.92. The first-order chi connectivity index (χ1) is 7.86. The molecule has 4 N–H and O–H groups in total. The lowest BCUT2D eigenvalue weighted by atomic mass is 9.87. The normalized spacial score (nSPS) is 13.7. The minimum atomic E-state index is -0.556. The number of hydrogen-bond acceptors (Lipinski definition) is 3. The number of benzene rings is 1. The van der Waals surface area contributed by atoms with Crippen LogP contribution in [0.4, 0.5) is 0 Å². The summed E-state index contributed by atoms with van der Waals surface area (Å²) in [6.07, 6.45) is 2.14. The molecule has 0 aliphatic rings. The third kappa shape index (κ3) is 3.72. The number of phenols is 1. The van der Waals surface area contributed by atoms with Gasteiger partial charge in [-0.2, -0.15) is 0 Å². The van der Waals surface area contributed by atoms with Crippen LogP contribution in [0.5, 0.6) is 5.75 Å². The van der Waals surface area contributed by atoms with Crippen LogP contribution in [-0.2, 0) is 5.54 Å². The zero-order valence-electron chi connectivity index (χ0n) is 10.9. The maximum atomic E-state index is 10.2. The number of nitrogens with two attached hydrogens (primary N) is 1. The Balaban J connectivity index is 3.07. The summed E-state index contributed by atoms with van der Waals surface area (Å²) in [5.41, 5.74) is 7.19. The SMILES string of the molecule is CCCCC(O)c1cc(O)ccc1C(C)(C)N. The van der Waals surface area contributed by atoms with Gasteiger partial charge in [0.25, 0.3) is 0 Å². The Kier molecular flexibility index (Phi) is 4.54. The van der Waals surface area contributed by atoms with Gasteiger partial charge in [0.1, 0.15) is 5.75 Å². The van der Waals surface area contributed by atoms with Crippen LogP contribution in [0.2, 0.25) is 0 Å². The van der Waals surface area contributed by atoms with Crippen molar-refractivity contribution < 1.29 is 10.2 Å². The van der Waals surface area contributed by atoms with Gasteiger partial charge in [0, 0.05) is 5.54 Å². The summed E-state index contributed by atoms with van der Waals surface area (Å²) in [4.78, 5) is 0. The summed E-state index contributed by atoms with van der Waals surface area (Å²) in [5.74, 6) is 0.170. The fraction of sp³-hybridized carbons (Fsp3) is 0.571. The Bertz CT molecular complexity index is 369. The number of aromatic hydroxyl groups is 1. The molecule has 0 saturated carbocycles. The van der Waals surface area contributed by atoms with Gasteiger partial charge in [0.15, 0.2) is 0 Å². The van der Waals surface area contributed by atoms with Crippen LogP contribution in [0.25, 0.3) is 0 Å². The number of aliphatic hydroxyl groups is 1. The minimum Gasteiger partial charge on any atom is -0.508 e. The van der Waals surface area contributed by atoms with E-state index in [1.807, 2.05) is 13.8 Å². The molecular weight excluding hydrogens is 214 g/mol. The van der Waals surface area contributed by atoms with Crippen molar-refractivity contribution in [1.29, 1.82) is 0 Å². The zero-order valence-corrected chi connectivity index (χ0v) is 10.9. The molecule has 0 heterocycles. The second-order valence-corrected chi connectivity index (χ2v) is 5.15. The van der Waals surface area contributed by atoms with Crippen molar-refractivity contribution in [2.24, 2.45) is 5.73 Å². The topological polar surface area (TPSA) is 66.5 Å². The molecule has 1 rings (SSSR count).